The van der Waals surface area contributed by atoms with Crippen LogP contribution >= 0.6 is 0 Å². The fourth-order valence-corrected chi connectivity index (χ4v) is 1.65. The van der Waals surface area contributed by atoms with Crippen molar-refractivity contribution in [3.63, 3.8) is 0 Å². The summed E-state index contributed by atoms with van der Waals surface area (Å²) in [6, 6.07) is 0. The van der Waals surface area contributed by atoms with Gasteiger partial charge in [0.2, 0.25) is 0 Å². The zero-order valence-corrected chi connectivity index (χ0v) is 13.0. The summed E-state index contributed by atoms with van der Waals surface area (Å²) >= 11 is 0. The molecule has 0 aliphatic heterocycles. The van der Waals surface area contributed by atoms with Crippen molar-refractivity contribution in [1.29, 1.82) is 0 Å². The highest BCUT2D eigenvalue weighted by Crippen LogP contribution is 2.10. The SMILES string of the molecule is CCC(CC)CN/C(C)=C(\C=C\C(=O)OC)C(=O)OC. The number of carbonyl (C=O) groups excluding carboxylic acids is 2. The summed E-state index contributed by atoms with van der Waals surface area (Å²) in [6.45, 7) is 6.84. The van der Waals surface area contributed by atoms with Crippen molar-refractivity contribution in [2.24, 2.45) is 5.92 Å². The molecule has 5 nitrogen and oxygen atoms in total. The predicted octanol–water partition coefficient (Wildman–Crippen LogP) is 2.19. The minimum Gasteiger partial charge on any atom is -0.466 e. The van der Waals surface area contributed by atoms with E-state index >= 15 is 0 Å². The van der Waals surface area contributed by atoms with Gasteiger partial charge in [-0.1, -0.05) is 26.7 Å². The highest BCUT2D eigenvalue weighted by atomic mass is 16.5. The number of esters is 2. The molecule has 20 heavy (non-hydrogen) atoms. The molecular formula is C15H25NO4. The monoisotopic (exact) mass is 283 g/mol. The average Bonchev–Trinajstić information content (AvgIpc) is 2.47. The molecule has 0 heterocycles. The van der Waals surface area contributed by atoms with Crippen LogP contribution in [0.4, 0.5) is 0 Å². The first kappa shape index (κ1) is 18.2. The first-order valence-electron chi connectivity index (χ1n) is 6.79. The molecule has 1 N–H and O–H groups in total. The second-order valence-electron chi connectivity index (χ2n) is 4.45. The first-order valence-corrected chi connectivity index (χ1v) is 6.79. The predicted molar refractivity (Wildman–Crippen MR) is 77.9 cm³/mol. The van der Waals surface area contributed by atoms with Gasteiger partial charge in [0, 0.05) is 18.3 Å². The van der Waals surface area contributed by atoms with Crippen LogP contribution in [0, 0.1) is 5.92 Å². The lowest BCUT2D eigenvalue weighted by molar-refractivity contribution is -0.135. The minimum absolute atomic E-state index is 0.323. The third kappa shape index (κ3) is 6.41. The number of allylic oxidation sites excluding steroid dienone is 1. The maximum absolute atomic E-state index is 11.7. The van der Waals surface area contributed by atoms with Gasteiger partial charge < -0.3 is 14.8 Å². The van der Waals surface area contributed by atoms with Crippen molar-refractivity contribution in [2.45, 2.75) is 33.6 Å². The molecule has 0 aliphatic rings. The molecule has 5 heteroatoms. The number of hydrogen-bond donors (Lipinski definition) is 1. The van der Waals surface area contributed by atoms with Gasteiger partial charge in [-0.3, -0.25) is 0 Å². The molecular weight excluding hydrogens is 258 g/mol. The van der Waals surface area contributed by atoms with Crippen molar-refractivity contribution in [3.05, 3.63) is 23.4 Å². The van der Waals surface area contributed by atoms with Gasteiger partial charge in [0.05, 0.1) is 19.8 Å². The summed E-state index contributed by atoms with van der Waals surface area (Å²) in [5, 5.41) is 3.22. The lowest BCUT2D eigenvalue weighted by Gasteiger charge is -2.16. The van der Waals surface area contributed by atoms with E-state index in [1.165, 1.54) is 26.4 Å². The number of hydrogen-bond acceptors (Lipinski definition) is 5. The Bertz CT molecular complexity index is 381. The van der Waals surface area contributed by atoms with Crippen LogP contribution in [0.15, 0.2) is 23.4 Å². The number of nitrogens with one attached hydrogen (secondary N) is 1. The molecule has 0 atom stereocenters. The Morgan fingerprint density at radius 3 is 2.15 bits per heavy atom. The summed E-state index contributed by atoms with van der Waals surface area (Å²) in [7, 11) is 2.59. The van der Waals surface area contributed by atoms with Crippen LogP contribution < -0.4 is 5.32 Å². The lowest BCUT2D eigenvalue weighted by Crippen LogP contribution is -2.23. The first-order chi connectivity index (χ1) is 9.49. The largest absolute Gasteiger partial charge is 0.466 e. The normalized spacial score (nSPS) is 12.3. The van der Waals surface area contributed by atoms with E-state index in [2.05, 4.69) is 23.9 Å². The Balaban J connectivity index is 4.97. The van der Waals surface area contributed by atoms with Crippen LogP contribution in [0.25, 0.3) is 0 Å². The van der Waals surface area contributed by atoms with E-state index in [4.69, 9.17) is 4.74 Å². The number of ether oxygens (including phenoxy) is 2. The maximum atomic E-state index is 11.7. The Kier molecular flexibility index (Phi) is 9.17. The van der Waals surface area contributed by atoms with Crippen LogP contribution in [0.5, 0.6) is 0 Å². The molecule has 0 spiro atoms. The van der Waals surface area contributed by atoms with Crippen LogP contribution in [0.1, 0.15) is 33.6 Å². The van der Waals surface area contributed by atoms with E-state index in [9.17, 15) is 9.59 Å². The summed E-state index contributed by atoms with van der Waals surface area (Å²) in [6.07, 6.45) is 4.76. The van der Waals surface area contributed by atoms with Crippen LogP contribution in [0.2, 0.25) is 0 Å². The zero-order chi connectivity index (χ0) is 15.5. The summed E-state index contributed by atoms with van der Waals surface area (Å²) < 4.78 is 9.22. The van der Waals surface area contributed by atoms with Gasteiger partial charge in [-0.2, -0.15) is 0 Å². The minimum atomic E-state index is -0.515. The van der Waals surface area contributed by atoms with E-state index < -0.39 is 11.9 Å². The molecule has 0 aromatic carbocycles. The van der Waals surface area contributed by atoms with Gasteiger partial charge in [-0.05, 0) is 18.9 Å². The summed E-state index contributed by atoms with van der Waals surface area (Å²) in [5.74, 6) is -0.452. The molecule has 114 valence electrons. The molecule has 0 rings (SSSR count). The van der Waals surface area contributed by atoms with Crippen molar-refractivity contribution >= 4 is 11.9 Å². The molecule has 0 amide bonds. The standard InChI is InChI=1S/C15H25NO4/c1-6-12(7-2)10-16-11(3)13(15(18)20-5)8-9-14(17)19-4/h8-9,12,16H,6-7,10H2,1-5H3/b9-8+,13-11+. The molecule has 0 saturated heterocycles. The van der Waals surface area contributed by atoms with Crippen molar-refractivity contribution in [2.75, 3.05) is 20.8 Å². The summed E-state index contributed by atoms with van der Waals surface area (Å²) in [4.78, 5) is 22.8. The molecule has 0 unspecified atom stereocenters. The lowest BCUT2D eigenvalue weighted by atomic mass is 10.0. The Morgan fingerprint density at radius 2 is 1.70 bits per heavy atom. The Labute approximate surface area is 121 Å². The van der Waals surface area contributed by atoms with Crippen LogP contribution in [-0.4, -0.2) is 32.7 Å². The van der Waals surface area contributed by atoms with Crippen LogP contribution in [-0.2, 0) is 19.1 Å². The zero-order valence-electron chi connectivity index (χ0n) is 13.0. The van der Waals surface area contributed by atoms with Gasteiger partial charge in [-0.25, -0.2) is 9.59 Å². The molecule has 0 aliphatic carbocycles. The van der Waals surface area contributed by atoms with Gasteiger partial charge >= 0.3 is 11.9 Å². The third-order valence-electron chi connectivity index (χ3n) is 3.21. The molecule has 0 aromatic heterocycles. The second kappa shape index (κ2) is 10.1. The average molecular weight is 283 g/mol. The Hall–Kier alpha value is -1.78. The topological polar surface area (TPSA) is 64.6 Å². The fraction of sp³-hybridized carbons (Fsp3) is 0.600. The van der Waals surface area contributed by atoms with Crippen molar-refractivity contribution in [1.82, 2.24) is 5.32 Å². The van der Waals surface area contributed by atoms with E-state index in [0.29, 0.717) is 17.2 Å². The van der Waals surface area contributed by atoms with E-state index in [0.717, 1.165) is 19.4 Å². The highest BCUT2D eigenvalue weighted by molar-refractivity contribution is 5.94. The molecule has 0 saturated carbocycles. The van der Waals surface area contributed by atoms with Crippen molar-refractivity contribution < 1.29 is 19.1 Å². The van der Waals surface area contributed by atoms with Gasteiger partial charge in [0.1, 0.15) is 0 Å². The van der Waals surface area contributed by atoms with Gasteiger partial charge in [0.25, 0.3) is 0 Å². The molecule has 0 aromatic rings. The molecule has 0 bridgehead atoms. The molecule has 0 fully saturated rings. The third-order valence-corrected chi connectivity index (χ3v) is 3.21. The smallest absolute Gasteiger partial charge is 0.339 e. The van der Waals surface area contributed by atoms with Crippen molar-refractivity contribution in [3.8, 4) is 0 Å². The van der Waals surface area contributed by atoms with E-state index in [-0.39, 0.29) is 0 Å². The van der Waals surface area contributed by atoms with Gasteiger partial charge in [0.15, 0.2) is 0 Å². The maximum Gasteiger partial charge on any atom is 0.339 e. The van der Waals surface area contributed by atoms with Gasteiger partial charge in [-0.15, -0.1) is 0 Å². The highest BCUT2D eigenvalue weighted by Gasteiger charge is 2.12. The fourth-order valence-electron chi connectivity index (χ4n) is 1.65. The van der Waals surface area contributed by atoms with E-state index in [1.54, 1.807) is 6.92 Å². The van der Waals surface area contributed by atoms with E-state index in [1.807, 2.05) is 0 Å². The second-order valence-corrected chi connectivity index (χ2v) is 4.45. The number of rotatable bonds is 8. The molecule has 0 radical (unpaired) electrons. The van der Waals surface area contributed by atoms with Crippen LogP contribution in [0.3, 0.4) is 0 Å². The number of methoxy groups -OCH3 is 2. The Morgan fingerprint density at radius 1 is 1.10 bits per heavy atom. The summed E-state index contributed by atoms with van der Waals surface area (Å²) in [5.41, 5.74) is 1.01. The quantitative estimate of drug-likeness (QED) is 0.420. The number of carbonyl (C=O) groups is 2.